The second-order valence-electron chi connectivity index (χ2n) is 6.15. The third-order valence-electron chi connectivity index (χ3n) is 3.58. The van der Waals surface area contributed by atoms with Gasteiger partial charge in [0.2, 0.25) is 10.0 Å². The van der Waals surface area contributed by atoms with Crippen LogP contribution in [0.4, 0.5) is 0 Å². The molecule has 1 N–H and O–H groups in total. The number of rotatable bonds is 6. The standard InChI is InChI=1S/C14H25N3O4S/c1-10(2)8-17-5-6-20-13(9-17)7-15-22(18,19)14-11(3)16-21-12(14)4/h10,13,15H,5-9H2,1-4H3. The fourth-order valence-electron chi connectivity index (χ4n) is 2.72. The van der Waals surface area contributed by atoms with Gasteiger partial charge in [0.05, 0.1) is 12.7 Å². The lowest BCUT2D eigenvalue weighted by atomic mass is 10.2. The van der Waals surface area contributed by atoms with Crippen molar-refractivity contribution >= 4 is 10.0 Å². The van der Waals surface area contributed by atoms with E-state index in [1.807, 2.05) is 0 Å². The molecule has 7 nitrogen and oxygen atoms in total. The highest BCUT2D eigenvalue weighted by atomic mass is 32.2. The zero-order valence-electron chi connectivity index (χ0n) is 13.6. The van der Waals surface area contributed by atoms with Gasteiger partial charge < -0.3 is 9.26 Å². The van der Waals surface area contributed by atoms with Gasteiger partial charge in [-0.15, -0.1) is 0 Å². The second kappa shape index (κ2) is 7.08. The minimum absolute atomic E-state index is 0.127. The maximum atomic E-state index is 12.4. The Hall–Kier alpha value is -0.960. The summed E-state index contributed by atoms with van der Waals surface area (Å²) >= 11 is 0. The summed E-state index contributed by atoms with van der Waals surface area (Å²) < 4.78 is 37.9. The van der Waals surface area contributed by atoms with Crippen LogP contribution in [0.15, 0.2) is 9.42 Å². The monoisotopic (exact) mass is 331 g/mol. The summed E-state index contributed by atoms with van der Waals surface area (Å²) in [4.78, 5) is 2.44. The molecule has 1 atom stereocenters. The maximum Gasteiger partial charge on any atom is 0.246 e. The summed E-state index contributed by atoms with van der Waals surface area (Å²) in [6, 6.07) is 0. The molecule has 0 spiro atoms. The molecule has 8 heteroatoms. The summed E-state index contributed by atoms with van der Waals surface area (Å²) in [7, 11) is -3.62. The van der Waals surface area contributed by atoms with E-state index in [1.54, 1.807) is 13.8 Å². The average Bonchev–Trinajstić information content (AvgIpc) is 2.76. The Morgan fingerprint density at radius 3 is 2.73 bits per heavy atom. The molecule has 2 rings (SSSR count). The quantitative estimate of drug-likeness (QED) is 0.835. The number of aryl methyl sites for hydroxylation is 2. The van der Waals surface area contributed by atoms with Crippen molar-refractivity contribution in [2.75, 3.05) is 32.8 Å². The van der Waals surface area contributed by atoms with E-state index < -0.39 is 10.0 Å². The van der Waals surface area contributed by atoms with Crippen molar-refractivity contribution in [3.63, 3.8) is 0 Å². The molecule has 1 unspecified atom stereocenters. The highest BCUT2D eigenvalue weighted by Gasteiger charge is 2.27. The number of ether oxygens (including phenoxy) is 1. The van der Waals surface area contributed by atoms with Crippen molar-refractivity contribution in [1.29, 1.82) is 0 Å². The zero-order valence-corrected chi connectivity index (χ0v) is 14.4. The first-order valence-corrected chi connectivity index (χ1v) is 9.04. The molecule has 1 aromatic heterocycles. The lowest BCUT2D eigenvalue weighted by molar-refractivity contribution is -0.0280. The van der Waals surface area contributed by atoms with Crippen LogP contribution >= 0.6 is 0 Å². The predicted molar refractivity (Wildman–Crippen MR) is 82.2 cm³/mol. The van der Waals surface area contributed by atoms with E-state index in [9.17, 15) is 8.42 Å². The molecule has 1 aliphatic heterocycles. The van der Waals surface area contributed by atoms with Gasteiger partial charge in [-0.05, 0) is 19.8 Å². The number of sulfonamides is 1. The van der Waals surface area contributed by atoms with E-state index in [2.05, 4.69) is 28.6 Å². The van der Waals surface area contributed by atoms with E-state index in [0.717, 1.165) is 19.6 Å². The Balaban J connectivity index is 1.95. The van der Waals surface area contributed by atoms with Crippen molar-refractivity contribution in [3.8, 4) is 0 Å². The second-order valence-corrected chi connectivity index (χ2v) is 7.86. The first-order chi connectivity index (χ1) is 10.3. The number of morpholine rings is 1. The van der Waals surface area contributed by atoms with Crippen LogP contribution in [0.5, 0.6) is 0 Å². The van der Waals surface area contributed by atoms with Gasteiger partial charge in [-0.2, -0.15) is 0 Å². The number of nitrogens with one attached hydrogen (secondary N) is 1. The molecule has 126 valence electrons. The molecule has 0 bridgehead atoms. The molecular weight excluding hydrogens is 306 g/mol. The van der Waals surface area contributed by atoms with Crippen LogP contribution in [-0.4, -0.2) is 57.4 Å². The van der Waals surface area contributed by atoms with Crippen LogP contribution in [0.1, 0.15) is 25.3 Å². The lowest BCUT2D eigenvalue weighted by Gasteiger charge is -2.33. The molecular formula is C14H25N3O4S. The molecule has 0 radical (unpaired) electrons. The van der Waals surface area contributed by atoms with Gasteiger partial charge >= 0.3 is 0 Å². The minimum Gasteiger partial charge on any atom is -0.374 e. The smallest absolute Gasteiger partial charge is 0.246 e. The van der Waals surface area contributed by atoms with Crippen molar-refractivity contribution in [3.05, 3.63) is 11.5 Å². The van der Waals surface area contributed by atoms with Crippen molar-refractivity contribution in [1.82, 2.24) is 14.8 Å². The van der Waals surface area contributed by atoms with Crippen LogP contribution < -0.4 is 4.72 Å². The molecule has 0 amide bonds. The summed E-state index contributed by atoms with van der Waals surface area (Å²) in [6.45, 7) is 11.1. The number of aromatic nitrogens is 1. The molecule has 22 heavy (non-hydrogen) atoms. The molecule has 1 fully saturated rings. The SMILES string of the molecule is Cc1noc(C)c1S(=O)(=O)NCC1CN(CC(C)C)CCO1. The maximum absolute atomic E-state index is 12.4. The van der Waals surface area contributed by atoms with Gasteiger partial charge in [0.1, 0.15) is 10.6 Å². The van der Waals surface area contributed by atoms with Crippen LogP contribution in [0.25, 0.3) is 0 Å². The molecule has 1 aromatic rings. The zero-order chi connectivity index (χ0) is 16.3. The summed E-state index contributed by atoms with van der Waals surface area (Å²) in [6.07, 6.45) is -0.136. The van der Waals surface area contributed by atoms with Crippen LogP contribution in [0, 0.1) is 19.8 Å². The van der Waals surface area contributed by atoms with Gasteiger partial charge in [-0.3, -0.25) is 4.90 Å². The van der Waals surface area contributed by atoms with E-state index in [-0.39, 0.29) is 17.5 Å². The molecule has 0 aliphatic carbocycles. The van der Waals surface area contributed by atoms with Crippen molar-refractivity contribution < 1.29 is 17.7 Å². The van der Waals surface area contributed by atoms with Gasteiger partial charge in [-0.1, -0.05) is 19.0 Å². The number of hydrogen-bond acceptors (Lipinski definition) is 6. The Morgan fingerprint density at radius 1 is 1.41 bits per heavy atom. The van der Waals surface area contributed by atoms with Crippen molar-refractivity contribution in [2.24, 2.45) is 5.92 Å². The molecule has 1 saturated heterocycles. The first kappa shape index (κ1) is 17.4. The molecule has 0 saturated carbocycles. The number of hydrogen-bond donors (Lipinski definition) is 1. The Morgan fingerprint density at radius 2 is 2.14 bits per heavy atom. The summed E-state index contributed by atoms with van der Waals surface area (Å²) in [5.41, 5.74) is 0.371. The Bertz CT molecular complexity index is 578. The van der Waals surface area contributed by atoms with Gasteiger partial charge in [0.15, 0.2) is 5.76 Å². The minimum atomic E-state index is -3.62. The largest absolute Gasteiger partial charge is 0.374 e. The van der Waals surface area contributed by atoms with E-state index in [1.165, 1.54) is 0 Å². The van der Waals surface area contributed by atoms with Crippen LogP contribution in [-0.2, 0) is 14.8 Å². The van der Waals surface area contributed by atoms with E-state index >= 15 is 0 Å². The fraction of sp³-hybridized carbons (Fsp3) is 0.786. The predicted octanol–water partition coefficient (Wildman–Crippen LogP) is 0.927. The molecule has 1 aliphatic rings. The fourth-order valence-corrected chi connectivity index (χ4v) is 4.11. The number of nitrogens with zero attached hydrogens (tertiary/aromatic N) is 2. The van der Waals surface area contributed by atoms with Crippen LogP contribution in [0.2, 0.25) is 0 Å². The molecule has 0 aromatic carbocycles. The summed E-state index contributed by atoms with van der Waals surface area (Å²) in [5.74, 6) is 0.883. The van der Waals surface area contributed by atoms with Crippen LogP contribution in [0.3, 0.4) is 0 Å². The average molecular weight is 331 g/mol. The Kier molecular flexibility index (Phi) is 5.60. The highest BCUT2D eigenvalue weighted by molar-refractivity contribution is 7.89. The normalized spacial score (nSPS) is 20.7. The first-order valence-electron chi connectivity index (χ1n) is 7.56. The third kappa shape index (κ3) is 4.28. The topological polar surface area (TPSA) is 84.7 Å². The molecule has 2 heterocycles. The van der Waals surface area contributed by atoms with Gasteiger partial charge in [0, 0.05) is 26.2 Å². The highest BCUT2D eigenvalue weighted by Crippen LogP contribution is 2.18. The van der Waals surface area contributed by atoms with Gasteiger partial charge in [0.25, 0.3) is 0 Å². The third-order valence-corrected chi connectivity index (χ3v) is 5.25. The summed E-state index contributed by atoms with van der Waals surface area (Å²) in [5, 5.41) is 3.69. The van der Waals surface area contributed by atoms with E-state index in [0.29, 0.717) is 24.0 Å². The Labute approximate surface area is 132 Å². The van der Waals surface area contributed by atoms with E-state index in [4.69, 9.17) is 9.26 Å². The lowest BCUT2D eigenvalue weighted by Crippen LogP contribution is -2.48. The van der Waals surface area contributed by atoms with Crippen molar-refractivity contribution in [2.45, 2.75) is 38.7 Å². The van der Waals surface area contributed by atoms with Gasteiger partial charge in [-0.25, -0.2) is 13.1 Å².